The first-order valence-electron chi connectivity index (χ1n) is 9.91. The maximum atomic E-state index is 11.8. The van der Waals surface area contributed by atoms with E-state index in [1.807, 2.05) is 36.4 Å². The van der Waals surface area contributed by atoms with Crippen molar-refractivity contribution in [2.24, 2.45) is 0 Å². The fourth-order valence-corrected chi connectivity index (χ4v) is 4.36. The summed E-state index contributed by atoms with van der Waals surface area (Å²) >= 11 is 0. The SMILES string of the molecule is COc1cc(N2CC[C@](O)(c3ccccc3)[C@H](N3CCN(C)CC3)C2)ncn1. The monoisotopic (exact) mass is 383 g/mol. The molecule has 3 heterocycles. The second-order valence-corrected chi connectivity index (χ2v) is 7.76. The first-order chi connectivity index (χ1) is 13.6. The number of hydrogen-bond donors (Lipinski definition) is 1. The molecule has 2 aliphatic rings. The minimum atomic E-state index is -0.870. The maximum Gasteiger partial charge on any atom is 0.218 e. The lowest BCUT2D eigenvalue weighted by Crippen LogP contribution is -2.64. The van der Waals surface area contributed by atoms with Gasteiger partial charge in [0.15, 0.2) is 0 Å². The van der Waals surface area contributed by atoms with Gasteiger partial charge in [-0.1, -0.05) is 30.3 Å². The van der Waals surface area contributed by atoms with Crippen LogP contribution in [0.15, 0.2) is 42.7 Å². The molecule has 2 aromatic rings. The van der Waals surface area contributed by atoms with Gasteiger partial charge in [-0.2, -0.15) is 0 Å². The van der Waals surface area contributed by atoms with E-state index in [2.05, 4.69) is 31.7 Å². The van der Waals surface area contributed by atoms with E-state index in [0.29, 0.717) is 12.3 Å². The van der Waals surface area contributed by atoms with Crippen LogP contribution in [0.4, 0.5) is 5.82 Å². The van der Waals surface area contributed by atoms with Crippen molar-refractivity contribution >= 4 is 5.82 Å². The zero-order valence-corrected chi connectivity index (χ0v) is 16.7. The van der Waals surface area contributed by atoms with Crippen LogP contribution < -0.4 is 9.64 Å². The molecule has 2 aliphatic heterocycles. The highest BCUT2D eigenvalue weighted by atomic mass is 16.5. The van der Waals surface area contributed by atoms with E-state index in [9.17, 15) is 5.11 Å². The van der Waals surface area contributed by atoms with Gasteiger partial charge in [-0.25, -0.2) is 9.97 Å². The maximum absolute atomic E-state index is 11.8. The van der Waals surface area contributed by atoms with Crippen LogP contribution in [0.5, 0.6) is 5.88 Å². The van der Waals surface area contributed by atoms with E-state index in [4.69, 9.17) is 4.74 Å². The van der Waals surface area contributed by atoms with Crippen molar-refractivity contribution in [3.63, 3.8) is 0 Å². The summed E-state index contributed by atoms with van der Waals surface area (Å²) in [6.45, 7) is 5.39. The topological polar surface area (TPSA) is 65.0 Å². The van der Waals surface area contributed by atoms with Gasteiger partial charge in [0.2, 0.25) is 5.88 Å². The van der Waals surface area contributed by atoms with Crippen LogP contribution in [0.25, 0.3) is 0 Å². The third kappa shape index (κ3) is 3.70. The molecule has 7 heteroatoms. The molecule has 2 saturated heterocycles. The molecule has 7 nitrogen and oxygen atoms in total. The normalized spacial score (nSPS) is 27.0. The van der Waals surface area contributed by atoms with Crippen molar-refractivity contribution in [2.75, 3.05) is 58.3 Å². The summed E-state index contributed by atoms with van der Waals surface area (Å²) in [5.41, 5.74) is 0.129. The largest absolute Gasteiger partial charge is 0.481 e. The minimum Gasteiger partial charge on any atom is -0.481 e. The number of methoxy groups -OCH3 is 1. The van der Waals surface area contributed by atoms with E-state index in [1.165, 1.54) is 6.33 Å². The number of piperazine rings is 1. The van der Waals surface area contributed by atoms with Gasteiger partial charge in [-0.05, 0) is 19.0 Å². The lowest BCUT2D eigenvalue weighted by atomic mass is 9.79. The van der Waals surface area contributed by atoms with Crippen LogP contribution in [0.2, 0.25) is 0 Å². The van der Waals surface area contributed by atoms with Gasteiger partial charge in [0.05, 0.1) is 13.2 Å². The number of ether oxygens (including phenoxy) is 1. The molecule has 150 valence electrons. The van der Waals surface area contributed by atoms with Crippen molar-refractivity contribution in [3.05, 3.63) is 48.3 Å². The Morgan fingerprint density at radius 3 is 2.54 bits per heavy atom. The highest BCUT2D eigenvalue weighted by Gasteiger charge is 2.46. The van der Waals surface area contributed by atoms with Gasteiger partial charge in [-0.15, -0.1) is 0 Å². The molecular formula is C21H29N5O2. The average Bonchev–Trinajstić information content (AvgIpc) is 2.75. The smallest absolute Gasteiger partial charge is 0.218 e. The summed E-state index contributed by atoms with van der Waals surface area (Å²) in [4.78, 5) is 15.6. The Morgan fingerprint density at radius 2 is 1.82 bits per heavy atom. The zero-order chi connectivity index (χ0) is 19.6. The van der Waals surface area contributed by atoms with Crippen LogP contribution in [0.3, 0.4) is 0 Å². The lowest BCUT2D eigenvalue weighted by Gasteiger charge is -2.51. The lowest BCUT2D eigenvalue weighted by molar-refractivity contribution is -0.0757. The van der Waals surface area contributed by atoms with Crippen molar-refractivity contribution in [1.82, 2.24) is 19.8 Å². The molecule has 0 bridgehead atoms. The average molecular weight is 383 g/mol. The highest BCUT2D eigenvalue weighted by molar-refractivity contribution is 5.43. The Hall–Kier alpha value is -2.22. The quantitative estimate of drug-likeness (QED) is 0.851. The van der Waals surface area contributed by atoms with Crippen LogP contribution in [-0.4, -0.2) is 84.3 Å². The van der Waals surface area contributed by atoms with E-state index in [1.54, 1.807) is 7.11 Å². The van der Waals surface area contributed by atoms with Gasteiger partial charge in [-0.3, -0.25) is 4.90 Å². The second kappa shape index (κ2) is 8.03. The van der Waals surface area contributed by atoms with Gasteiger partial charge in [0, 0.05) is 45.3 Å². The standard InChI is InChI=1S/C21H29N5O2/c1-24-10-12-25(13-11-24)18-15-26(19-14-20(28-2)23-16-22-19)9-8-21(18,27)17-6-4-3-5-7-17/h3-7,14,16,18,27H,8-13,15H2,1-2H3/t18-,21+/m1/s1. The number of anilines is 1. The molecule has 2 atom stereocenters. The predicted molar refractivity (Wildman–Crippen MR) is 109 cm³/mol. The molecule has 2 fully saturated rings. The molecule has 28 heavy (non-hydrogen) atoms. The summed E-state index contributed by atoms with van der Waals surface area (Å²) in [7, 11) is 3.77. The van der Waals surface area contributed by atoms with Crippen LogP contribution in [0.1, 0.15) is 12.0 Å². The molecule has 0 spiro atoms. The minimum absolute atomic E-state index is 0.00156. The van der Waals surface area contributed by atoms with Crippen molar-refractivity contribution in [2.45, 2.75) is 18.1 Å². The highest BCUT2D eigenvalue weighted by Crippen LogP contribution is 2.37. The zero-order valence-electron chi connectivity index (χ0n) is 16.7. The molecule has 1 aromatic carbocycles. The summed E-state index contributed by atoms with van der Waals surface area (Å²) in [5.74, 6) is 1.41. The molecular weight excluding hydrogens is 354 g/mol. The first-order valence-corrected chi connectivity index (χ1v) is 9.91. The summed E-state index contributed by atoms with van der Waals surface area (Å²) in [5, 5.41) is 11.8. The Morgan fingerprint density at radius 1 is 1.07 bits per heavy atom. The number of benzene rings is 1. The van der Waals surface area contributed by atoms with E-state index < -0.39 is 5.60 Å². The summed E-state index contributed by atoms with van der Waals surface area (Å²) < 4.78 is 5.27. The Bertz CT molecular complexity index is 781. The van der Waals surface area contributed by atoms with Crippen LogP contribution in [0, 0.1) is 0 Å². The molecule has 0 aliphatic carbocycles. The number of aromatic nitrogens is 2. The molecule has 1 N–H and O–H groups in total. The number of likely N-dealkylation sites (N-methyl/N-ethyl adjacent to an activating group) is 1. The van der Waals surface area contributed by atoms with Crippen molar-refractivity contribution < 1.29 is 9.84 Å². The molecule has 0 radical (unpaired) electrons. The Labute approximate surface area is 166 Å². The van der Waals surface area contributed by atoms with Gasteiger partial charge < -0.3 is 19.6 Å². The third-order valence-electron chi connectivity index (χ3n) is 6.12. The van der Waals surface area contributed by atoms with E-state index >= 15 is 0 Å². The third-order valence-corrected chi connectivity index (χ3v) is 6.12. The number of piperidine rings is 1. The van der Waals surface area contributed by atoms with E-state index in [-0.39, 0.29) is 6.04 Å². The van der Waals surface area contributed by atoms with Gasteiger partial charge >= 0.3 is 0 Å². The molecule has 1 aromatic heterocycles. The number of nitrogens with zero attached hydrogens (tertiary/aromatic N) is 5. The number of aliphatic hydroxyl groups is 1. The summed E-state index contributed by atoms with van der Waals surface area (Å²) in [6, 6.07) is 12.0. The Balaban J connectivity index is 1.63. The predicted octanol–water partition coefficient (Wildman–Crippen LogP) is 1.20. The van der Waals surface area contributed by atoms with Crippen LogP contribution >= 0.6 is 0 Å². The Kier molecular flexibility index (Phi) is 5.48. The molecule has 0 unspecified atom stereocenters. The van der Waals surface area contributed by atoms with Crippen LogP contribution in [-0.2, 0) is 5.60 Å². The second-order valence-electron chi connectivity index (χ2n) is 7.76. The van der Waals surface area contributed by atoms with Gasteiger partial charge in [0.1, 0.15) is 17.7 Å². The molecule has 0 saturated carbocycles. The molecule has 0 amide bonds. The number of hydrogen-bond acceptors (Lipinski definition) is 7. The van der Waals surface area contributed by atoms with Crippen molar-refractivity contribution in [3.8, 4) is 5.88 Å². The van der Waals surface area contributed by atoms with E-state index in [0.717, 1.165) is 50.6 Å². The van der Waals surface area contributed by atoms with Gasteiger partial charge in [0.25, 0.3) is 0 Å². The summed E-state index contributed by atoms with van der Waals surface area (Å²) in [6.07, 6.45) is 2.19. The number of rotatable bonds is 4. The first kappa shape index (κ1) is 19.1. The molecule has 4 rings (SSSR count). The fourth-order valence-electron chi connectivity index (χ4n) is 4.36. The fraction of sp³-hybridized carbons (Fsp3) is 0.524. The van der Waals surface area contributed by atoms with Crippen molar-refractivity contribution in [1.29, 1.82) is 0 Å².